The van der Waals surface area contributed by atoms with Crippen molar-refractivity contribution >= 4 is 0 Å². The summed E-state index contributed by atoms with van der Waals surface area (Å²) >= 11 is 0. The second-order valence-electron chi connectivity index (χ2n) is 4.60. The van der Waals surface area contributed by atoms with Gasteiger partial charge in [-0.25, -0.2) is 0 Å². The molecule has 0 saturated carbocycles. The molecule has 0 aliphatic carbocycles. The minimum absolute atomic E-state index is 0.187. The highest BCUT2D eigenvalue weighted by Crippen LogP contribution is 2.23. The van der Waals surface area contributed by atoms with Crippen LogP contribution in [-0.4, -0.2) is 17.8 Å². The summed E-state index contributed by atoms with van der Waals surface area (Å²) < 4.78 is 0. The summed E-state index contributed by atoms with van der Waals surface area (Å²) in [6, 6.07) is 5.83. The van der Waals surface area contributed by atoms with Crippen LogP contribution < -0.4 is 11.5 Å². The average Bonchev–Trinajstić information content (AvgIpc) is 2.27. The molecule has 90 valence electrons. The molecule has 1 aromatic rings. The standard InChI is InChI=1S/C13H22N2O/c1-8(2)10-5-4-9(3)11(6-10)13(15)12(16)7-14/h4-6,8,12-13,16H,7,14-15H2,1-3H3. The molecular formula is C13H22N2O. The van der Waals surface area contributed by atoms with Gasteiger partial charge in [0, 0.05) is 6.54 Å². The summed E-state index contributed by atoms with van der Waals surface area (Å²) in [7, 11) is 0. The van der Waals surface area contributed by atoms with Crippen molar-refractivity contribution in [3.63, 3.8) is 0 Å². The molecule has 16 heavy (non-hydrogen) atoms. The smallest absolute Gasteiger partial charge is 0.0854 e. The lowest BCUT2D eigenvalue weighted by Crippen LogP contribution is -2.33. The van der Waals surface area contributed by atoms with E-state index in [1.54, 1.807) is 0 Å². The number of benzene rings is 1. The second kappa shape index (κ2) is 5.43. The third-order valence-corrected chi connectivity index (χ3v) is 2.99. The molecule has 0 spiro atoms. The fourth-order valence-electron chi connectivity index (χ4n) is 1.73. The predicted molar refractivity (Wildman–Crippen MR) is 67.3 cm³/mol. The van der Waals surface area contributed by atoms with Crippen molar-refractivity contribution in [3.8, 4) is 0 Å². The molecule has 0 aliphatic heterocycles. The van der Waals surface area contributed by atoms with Gasteiger partial charge in [-0.1, -0.05) is 32.0 Å². The second-order valence-corrected chi connectivity index (χ2v) is 4.60. The van der Waals surface area contributed by atoms with Crippen molar-refractivity contribution in [3.05, 3.63) is 34.9 Å². The van der Waals surface area contributed by atoms with E-state index in [-0.39, 0.29) is 6.54 Å². The first-order valence-electron chi connectivity index (χ1n) is 5.71. The SMILES string of the molecule is Cc1ccc(C(C)C)cc1C(N)C(O)CN. The summed E-state index contributed by atoms with van der Waals surface area (Å²) in [6.07, 6.45) is -0.680. The monoisotopic (exact) mass is 222 g/mol. The summed E-state index contributed by atoms with van der Waals surface area (Å²) in [4.78, 5) is 0. The normalized spacial score (nSPS) is 15.2. The van der Waals surface area contributed by atoms with E-state index in [1.165, 1.54) is 5.56 Å². The molecule has 2 unspecified atom stereocenters. The fraction of sp³-hybridized carbons (Fsp3) is 0.538. The molecular weight excluding hydrogens is 200 g/mol. The molecule has 0 amide bonds. The number of aliphatic hydroxyl groups excluding tert-OH is 1. The molecule has 0 radical (unpaired) electrons. The third kappa shape index (κ3) is 2.82. The first-order valence-corrected chi connectivity index (χ1v) is 5.71. The molecule has 1 aromatic carbocycles. The highest BCUT2D eigenvalue weighted by Gasteiger charge is 2.17. The Labute approximate surface area is 97.5 Å². The van der Waals surface area contributed by atoms with Gasteiger partial charge in [-0.05, 0) is 29.5 Å². The highest BCUT2D eigenvalue weighted by atomic mass is 16.3. The van der Waals surface area contributed by atoms with Crippen molar-refractivity contribution in [2.45, 2.75) is 38.8 Å². The van der Waals surface area contributed by atoms with Gasteiger partial charge in [-0.2, -0.15) is 0 Å². The van der Waals surface area contributed by atoms with E-state index in [4.69, 9.17) is 11.5 Å². The van der Waals surface area contributed by atoms with Gasteiger partial charge in [-0.15, -0.1) is 0 Å². The van der Waals surface area contributed by atoms with Gasteiger partial charge in [0.25, 0.3) is 0 Å². The van der Waals surface area contributed by atoms with Gasteiger partial charge in [-0.3, -0.25) is 0 Å². The molecule has 0 saturated heterocycles. The molecule has 5 N–H and O–H groups in total. The predicted octanol–water partition coefficient (Wildman–Crippen LogP) is 1.44. The van der Waals surface area contributed by atoms with Crippen LogP contribution in [0.4, 0.5) is 0 Å². The molecule has 0 aromatic heterocycles. The maximum Gasteiger partial charge on any atom is 0.0854 e. The van der Waals surface area contributed by atoms with Crippen LogP contribution in [0.15, 0.2) is 18.2 Å². The van der Waals surface area contributed by atoms with Crippen molar-refractivity contribution in [2.75, 3.05) is 6.54 Å². The number of rotatable bonds is 4. The molecule has 2 atom stereocenters. The van der Waals surface area contributed by atoms with Crippen LogP contribution in [-0.2, 0) is 0 Å². The van der Waals surface area contributed by atoms with Gasteiger partial charge in [0.2, 0.25) is 0 Å². The Morgan fingerprint density at radius 1 is 1.31 bits per heavy atom. The maximum absolute atomic E-state index is 9.68. The molecule has 3 heteroatoms. The zero-order valence-corrected chi connectivity index (χ0v) is 10.3. The van der Waals surface area contributed by atoms with Crippen LogP contribution in [0.2, 0.25) is 0 Å². The van der Waals surface area contributed by atoms with Gasteiger partial charge >= 0.3 is 0 Å². The Morgan fingerprint density at radius 3 is 2.44 bits per heavy atom. The highest BCUT2D eigenvalue weighted by molar-refractivity contribution is 5.35. The van der Waals surface area contributed by atoms with Crippen molar-refractivity contribution in [1.29, 1.82) is 0 Å². The summed E-state index contributed by atoms with van der Waals surface area (Å²) in [5.74, 6) is 0.460. The van der Waals surface area contributed by atoms with E-state index >= 15 is 0 Å². The summed E-state index contributed by atoms with van der Waals surface area (Å²) in [5.41, 5.74) is 14.7. The lowest BCUT2D eigenvalue weighted by atomic mass is 9.92. The Bertz CT molecular complexity index is 350. The van der Waals surface area contributed by atoms with Gasteiger partial charge < -0.3 is 16.6 Å². The van der Waals surface area contributed by atoms with Crippen molar-refractivity contribution in [1.82, 2.24) is 0 Å². The fourth-order valence-corrected chi connectivity index (χ4v) is 1.73. The number of nitrogens with two attached hydrogens (primary N) is 2. The van der Waals surface area contributed by atoms with Crippen LogP contribution in [0.5, 0.6) is 0 Å². The molecule has 3 nitrogen and oxygen atoms in total. The molecule has 0 aliphatic rings. The van der Waals surface area contributed by atoms with E-state index in [2.05, 4.69) is 26.0 Å². The molecule has 0 bridgehead atoms. The largest absolute Gasteiger partial charge is 0.390 e. The van der Waals surface area contributed by atoms with Crippen molar-refractivity contribution < 1.29 is 5.11 Å². The van der Waals surface area contributed by atoms with Crippen LogP contribution in [0, 0.1) is 6.92 Å². The Balaban J connectivity index is 3.06. The zero-order valence-electron chi connectivity index (χ0n) is 10.3. The Morgan fingerprint density at radius 2 is 1.94 bits per heavy atom. The minimum atomic E-state index is -0.680. The van der Waals surface area contributed by atoms with Gasteiger partial charge in [0.05, 0.1) is 12.1 Å². The zero-order chi connectivity index (χ0) is 12.3. The van der Waals surface area contributed by atoms with Crippen LogP contribution in [0.1, 0.15) is 42.5 Å². The number of hydrogen-bond acceptors (Lipinski definition) is 3. The van der Waals surface area contributed by atoms with Gasteiger partial charge in [0.15, 0.2) is 0 Å². The first-order chi connectivity index (χ1) is 7.47. The van der Waals surface area contributed by atoms with E-state index in [0.29, 0.717) is 5.92 Å². The third-order valence-electron chi connectivity index (χ3n) is 2.99. The average molecular weight is 222 g/mol. The number of hydrogen-bond donors (Lipinski definition) is 3. The maximum atomic E-state index is 9.68. The topological polar surface area (TPSA) is 72.3 Å². The number of aliphatic hydroxyl groups is 1. The molecule has 0 heterocycles. The minimum Gasteiger partial charge on any atom is -0.390 e. The van der Waals surface area contributed by atoms with Crippen LogP contribution in [0.3, 0.4) is 0 Å². The van der Waals surface area contributed by atoms with E-state index in [1.807, 2.05) is 13.0 Å². The first kappa shape index (κ1) is 13.2. The Kier molecular flexibility index (Phi) is 4.47. The van der Waals surface area contributed by atoms with E-state index < -0.39 is 12.1 Å². The molecule has 1 rings (SSSR count). The quantitative estimate of drug-likeness (QED) is 0.721. The lowest BCUT2D eigenvalue weighted by Gasteiger charge is -2.21. The van der Waals surface area contributed by atoms with Gasteiger partial charge in [0.1, 0.15) is 0 Å². The number of aryl methyl sites for hydroxylation is 1. The van der Waals surface area contributed by atoms with Crippen molar-refractivity contribution in [2.24, 2.45) is 11.5 Å². The summed E-state index contributed by atoms with van der Waals surface area (Å²) in [6.45, 7) is 6.47. The van der Waals surface area contributed by atoms with Crippen LogP contribution in [0.25, 0.3) is 0 Å². The van der Waals surface area contributed by atoms with Crippen LogP contribution >= 0.6 is 0 Å². The van der Waals surface area contributed by atoms with E-state index in [9.17, 15) is 5.11 Å². The van der Waals surface area contributed by atoms with E-state index in [0.717, 1.165) is 11.1 Å². The lowest BCUT2D eigenvalue weighted by molar-refractivity contribution is 0.152. The Hall–Kier alpha value is -0.900. The molecule has 0 fully saturated rings. The summed E-state index contributed by atoms with van der Waals surface area (Å²) in [5, 5.41) is 9.68.